The summed E-state index contributed by atoms with van der Waals surface area (Å²) in [5.41, 5.74) is 0. The highest BCUT2D eigenvalue weighted by Gasteiger charge is 2.28. The van der Waals surface area contributed by atoms with Gasteiger partial charge in [0.05, 0.1) is 6.61 Å². The van der Waals surface area contributed by atoms with Crippen molar-refractivity contribution < 1.29 is 33.1 Å². The van der Waals surface area contributed by atoms with Crippen LogP contribution in [0.1, 0.15) is 44.6 Å². The minimum atomic E-state index is -0.937. The maximum absolute atomic E-state index is 12.3. The molecule has 1 amide bonds. The third kappa shape index (κ3) is 6.95. The van der Waals surface area contributed by atoms with Crippen LogP contribution in [0.25, 0.3) is 0 Å². The molecular formula is C15H22N2O9. The highest BCUT2D eigenvalue weighted by molar-refractivity contribution is 5.84. The molecule has 1 aromatic rings. The second-order valence-corrected chi connectivity index (χ2v) is 5.63. The lowest BCUT2D eigenvalue weighted by atomic mass is 9.99. The predicted octanol–water partition coefficient (Wildman–Crippen LogP) is 1.10. The summed E-state index contributed by atoms with van der Waals surface area (Å²) in [6.45, 7) is 4.61. The monoisotopic (exact) mass is 374 g/mol. The lowest BCUT2D eigenvalue weighted by Crippen LogP contribution is -2.46. The molecule has 1 aromatic heterocycles. The summed E-state index contributed by atoms with van der Waals surface area (Å²) in [7, 11) is 0. The van der Waals surface area contributed by atoms with Crippen molar-refractivity contribution in [3.8, 4) is 0 Å². The number of amides is 1. The Bertz CT molecular complexity index is 679. The molecule has 0 radical (unpaired) electrons. The molecule has 146 valence electrons. The van der Waals surface area contributed by atoms with E-state index in [0.717, 1.165) is 0 Å². The Morgan fingerprint density at radius 2 is 2.04 bits per heavy atom. The molecule has 0 aromatic carbocycles. The van der Waals surface area contributed by atoms with E-state index in [0.29, 0.717) is 6.42 Å². The van der Waals surface area contributed by atoms with Crippen molar-refractivity contribution in [3.05, 3.63) is 32.3 Å². The summed E-state index contributed by atoms with van der Waals surface area (Å²) in [6.07, 6.45) is 0.697. The van der Waals surface area contributed by atoms with Crippen LogP contribution >= 0.6 is 0 Å². The minimum absolute atomic E-state index is 0.0379. The van der Waals surface area contributed by atoms with Crippen molar-refractivity contribution >= 4 is 11.9 Å². The van der Waals surface area contributed by atoms with Gasteiger partial charge in [0.1, 0.15) is 6.04 Å². The van der Waals surface area contributed by atoms with E-state index in [1.807, 2.05) is 6.92 Å². The Kier molecular flexibility index (Phi) is 8.32. The van der Waals surface area contributed by atoms with E-state index >= 15 is 0 Å². The summed E-state index contributed by atoms with van der Waals surface area (Å²) in [5, 5.41) is 11.7. The van der Waals surface area contributed by atoms with Gasteiger partial charge in [-0.1, -0.05) is 20.3 Å². The number of carbonyl (C=O) groups excluding carboxylic acids is 2. The average Bonchev–Trinajstić information content (AvgIpc) is 2.91. The Labute approximate surface area is 148 Å². The van der Waals surface area contributed by atoms with Crippen LogP contribution in [0.5, 0.6) is 0 Å². The van der Waals surface area contributed by atoms with Gasteiger partial charge < -0.3 is 23.7 Å². The summed E-state index contributed by atoms with van der Waals surface area (Å²) in [4.78, 5) is 49.4. The standard InChI is InChI=1S/C15H22N2O9/c1-4-9(2)13(16-12(18)6-5-7-24-17(21)22)14(19)23-8-11-10(3)25-15(20)26-11/h9,13H,4-8H2,1-3H3,(H,16,18). The van der Waals surface area contributed by atoms with Crippen LogP contribution in [-0.2, 0) is 25.8 Å². The van der Waals surface area contributed by atoms with E-state index < -0.39 is 28.8 Å². The molecule has 0 fully saturated rings. The fourth-order valence-corrected chi connectivity index (χ4v) is 2.02. The van der Waals surface area contributed by atoms with E-state index in [1.54, 1.807) is 6.92 Å². The summed E-state index contributed by atoms with van der Waals surface area (Å²) >= 11 is 0. The summed E-state index contributed by atoms with van der Waals surface area (Å²) in [5.74, 6) is -1.94. The van der Waals surface area contributed by atoms with Gasteiger partial charge in [-0.05, 0) is 19.3 Å². The third-order valence-corrected chi connectivity index (χ3v) is 3.71. The second-order valence-electron chi connectivity index (χ2n) is 5.63. The minimum Gasteiger partial charge on any atom is -0.456 e. The fourth-order valence-electron chi connectivity index (χ4n) is 2.02. The van der Waals surface area contributed by atoms with E-state index in [2.05, 4.69) is 14.6 Å². The van der Waals surface area contributed by atoms with E-state index in [9.17, 15) is 24.5 Å². The zero-order chi connectivity index (χ0) is 19.7. The van der Waals surface area contributed by atoms with Crippen LogP contribution in [0.15, 0.2) is 13.6 Å². The number of nitrogens with one attached hydrogen (secondary N) is 1. The molecule has 1 rings (SSSR count). The van der Waals surface area contributed by atoms with Crippen LogP contribution in [0.3, 0.4) is 0 Å². The molecule has 2 unspecified atom stereocenters. The quantitative estimate of drug-likeness (QED) is 0.260. The molecule has 1 N–H and O–H groups in total. The van der Waals surface area contributed by atoms with Crippen molar-refractivity contribution in [2.24, 2.45) is 5.92 Å². The molecule has 0 aliphatic heterocycles. The van der Waals surface area contributed by atoms with Gasteiger partial charge in [0.2, 0.25) is 5.91 Å². The number of carbonyl (C=O) groups is 2. The predicted molar refractivity (Wildman–Crippen MR) is 85.3 cm³/mol. The lowest BCUT2D eigenvalue weighted by Gasteiger charge is -2.22. The molecule has 26 heavy (non-hydrogen) atoms. The van der Waals surface area contributed by atoms with Gasteiger partial charge in [0.25, 0.3) is 5.09 Å². The van der Waals surface area contributed by atoms with Gasteiger partial charge in [-0.2, -0.15) is 0 Å². The number of aryl methyl sites for hydroxylation is 1. The maximum Gasteiger partial charge on any atom is 0.519 e. The SMILES string of the molecule is CCC(C)C(NC(=O)CCCO[N+](=O)[O-])C(=O)OCc1oc(=O)oc1C. The molecule has 2 atom stereocenters. The van der Waals surface area contributed by atoms with Crippen molar-refractivity contribution in [1.82, 2.24) is 5.32 Å². The van der Waals surface area contributed by atoms with Gasteiger partial charge in [0.15, 0.2) is 18.1 Å². The highest BCUT2D eigenvalue weighted by atomic mass is 16.9. The highest BCUT2D eigenvalue weighted by Crippen LogP contribution is 2.13. The first kappa shape index (κ1) is 21.2. The Morgan fingerprint density at radius 1 is 1.35 bits per heavy atom. The first-order valence-electron chi connectivity index (χ1n) is 8.07. The number of hydrogen-bond acceptors (Lipinski definition) is 9. The zero-order valence-electron chi connectivity index (χ0n) is 14.8. The largest absolute Gasteiger partial charge is 0.519 e. The molecule has 0 spiro atoms. The molecule has 0 bridgehead atoms. The number of nitrogens with zero attached hydrogens (tertiary/aromatic N) is 1. The Balaban J connectivity index is 2.57. The van der Waals surface area contributed by atoms with Crippen LogP contribution in [0, 0.1) is 23.0 Å². The van der Waals surface area contributed by atoms with Crippen LogP contribution in [-0.4, -0.2) is 29.6 Å². The van der Waals surface area contributed by atoms with Crippen molar-refractivity contribution in [2.45, 2.75) is 52.7 Å². The van der Waals surface area contributed by atoms with Crippen LogP contribution in [0.4, 0.5) is 0 Å². The molecule has 1 heterocycles. The zero-order valence-corrected chi connectivity index (χ0v) is 14.8. The molecular weight excluding hydrogens is 352 g/mol. The van der Waals surface area contributed by atoms with Gasteiger partial charge in [0, 0.05) is 6.42 Å². The lowest BCUT2D eigenvalue weighted by molar-refractivity contribution is -0.757. The Morgan fingerprint density at radius 3 is 2.58 bits per heavy atom. The van der Waals surface area contributed by atoms with E-state index in [1.165, 1.54) is 6.92 Å². The first-order valence-corrected chi connectivity index (χ1v) is 8.07. The molecule has 0 aliphatic rings. The molecule has 11 heteroatoms. The van der Waals surface area contributed by atoms with Crippen LogP contribution < -0.4 is 11.1 Å². The van der Waals surface area contributed by atoms with Crippen molar-refractivity contribution in [1.29, 1.82) is 0 Å². The molecule has 0 saturated heterocycles. The van der Waals surface area contributed by atoms with Crippen molar-refractivity contribution in [2.75, 3.05) is 6.61 Å². The van der Waals surface area contributed by atoms with Gasteiger partial charge in [-0.15, -0.1) is 10.1 Å². The summed E-state index contributed by atoms with van der Waals surface area (Å²) in [6, 6.07) is -0.900. The van der Waals surface area contributed by atoms with Crippen molar-refractivity contribution in [3.63, 3.8) is 0 Å². The number of esters is 1. The normalized spacial score (nSPS) is 12.9. The van der Waals surface area contributed by atoms with Crippen LogP contribution in [0.2, 0.25) is 0 Å². The molecule has 0 saturated carbocycles. The van der Waals surface area contributed by atoms with Gasteiger partial charge in [-0.3, -0.25) is 4.79 Å². The molecule has 11 nitrogen and oxygen atoms in total. The fraction of sp³-hybridized carbons (Fsp3) is 0.667. The average molecular weight is 374 g/mol. The summed E-state index contributed by atoms with van der Waals surface area (Å²) < 4.78 is 14.5. The first-order chi connectivity index (χ1) is 12.2. The second kappa shape index (κ2) is 10.2. The topological polar surface area (TPSA) is 151 Å². The number of ether oxygens (including phenoxy) is 1. The van der Waals surface area contributed by atoms with Gasteiger partial charge in [-0.25, -0.2) is 9.59 Å². The molecule has 0 aliphatic carbocycles. The number of hydrogen-bond donors (Lipinski definition) is 1. The third-order valence-electron chi connectivity index (χ3n) is 3.71. The van der Waals surface area contributed by atoms with E-state index in [-0.39, 0.29) is 43.5 Å². The maximum atomic E-state index is 12.3. The number of rotatable bonds is 11. The van der Waals surface area contributed by atoms with E-state index in [4.69, 9.17) is 9.15 Å². The smallest absolute Gasteiger partial charge is 0.456 e. The van der Waals surface area contributed by atoms with Gasteiger partial charge >= 0.3 is 11.8 Å². The Hall–Kier alpha value is -2.85.